The monoisotopic (exact) mass is 290 g/mol. The summed E-state index contributed by atoms with van der Waals surface area (Å²) in [5, 5.41) is 0. The van der Waals surface area contributed by atoms with Crippen molar-refractivity contribution < 1.29 is 27.9 Å². The van der Waals surface area contributed by atoms with E-state index < -0.39 is 21.2 Å². The van der Waals surface area contributed by atoms with E-state index in [1.807, 2.05) is 0 Å². The molecule has 0 saturated heterocycles. The lowest BCUT2D eigenvalue weighted by Crippen LogP contribution is -2.27. The number of hydrogen-bond donors (Lipinski definition) is 0. The van der Waals surface area contributed by atoms with Crippen LogP contribution < -0.4 is 0 Å². The first kappa shape index (κ1) is 17.8. The molecule has 0 heterocycles. The van der Waals surface area contributed by atoms with Gasteiger partial charge in [0.05, 0.1) is 6.61 Å². The molecule has 0 bridgehead atoms. The van der Waals surface area contributed by atoms with Crippen LogP contribution in [0, 0.1) is 0 Å². The van der Waals surface area contributed by atoms with Crippen molar-refractivity contribution in [3.8, 4) is 0 Å². The van der Waals surface area contributed by atoms with Crippen molar-refractivity contribution in [3.63, 3.8) is 0 Å². The average molecular weight is 290 g/mol. The Morgan fingerprint density at radius 2 is 2.00 bits per heavy atom. The lowest BCUT2D eigenvalue weighted by atomic mass is 10.4. The molecule has 0 aromatic heterocycles. The molecule has 6 nitrogen and oxygen atoms in total. The number of carbonyl (C=O) groups is 2. The highest BCUT2D eigenvalue weighted by molar-refractivity contribution is 6.46. The maximum atomic E-state index is 11.3. The zero-order chi connectivity index (χ0) is 14.7. The van der Waals surface area contributed by atoms with Gasteiger partial charge in [-0.25, -0.2) is 4.79 Å². The van der Waals surface area contributed by atoms with Crippen LogP contribution in [0.25, 0.3) is 0 Å². The van der Waals surface area contributed by atoms with E-state index in [0.29, 0.717) is 24.6 Å². The first-order valence-electron chi connectivity index (χ1n) is 6.13. The van der Waals surface area contributed by atoms with Crippen molar-refractivity contribution in [2.45, 2.75) is 26.3 Å². The highest BCUT2D eigenvalue weighted by Crippen LogP contribution is 2.03. The molecule has 0 aliphatic rings. The van der Waals surface area contributed by atoms with Crippen LogP contribution in [0.2, 0.25) is 6.04 Å². The van der Waals surface area contributed by atoms with Gasteiger partial charge in [0.25, 0.3) is 0 Å². The van der Waals surface area contributed by atoms with E-state index in [-0.39, 0.29) is 13.2 Å². The number of hydrogen-bond acceptors (Lipinski definition) is 6. The Hall–Kier alpha value is -1.18. The summed E-state index contributed by atoms with van der Waals surface area (Å²) >= 11 is 0. The van der Waals surface area contributed by atoms with Gasteiger partial charge >= 0.3 is 21.2 Å². The summed E-state index contributed by atoms with van der Waals surface area (Å²) in [6.07, 6.45) is 0.589. The predicted molar refractivity (Wildman–Crippen MR) is 71.9 cm³/mol. The first-order chi connectivity index (χ1) is 9.01. The minimum absolute atomic E-state index is 0.0615. The molecular formula is C12H22O6Si. The normalized spacial score (nSPS) is 11.7. The van der Waals surface area contributed by atoms with Gasteiger partial charge in [-0.2, -0.15) is 0 Å². The molecule has 0 aliphatic heterocycles. The Labute approximate surface area is 115 Å². The summed E-state index contributed by atoms with van der Waals surface area (Å²) in [6, 6.07) is 0.581. The molecule has 0 fully saturated rings. The molecule has 7 heteroatoms. The standard InChI is InChI=1S/C12H22O6Si/c1-5-16-9-11(13)18-19(15-4)8-6-7-17-12(14)10(2)3/h19H,2,5-9H2,1,3-4H3. The van der Waals surface area contributed by atoms with Crippen LogP contribution >= 0.6 is 0 Å². The lowest BCUT2D eigenvalue weighted by Gasteiger charge is -2.14. The second-order valence-corrected chi connectivity index (χ2v) is 5.99. The average Bonchev–Trinajstić information content (AvgIpc) is 2.39. The van der Waals surface area contributed by atoms with Crippen molar-refractivity contribution in [2.75, 3.05) is 26.9 Å². The van der Waals surface area contributed by atoms with Crippen molar-refractivity contribution in [2.24, 2.45) is 0 Å². The minimum atomic E-state index is -2.04. The summed E-state index contributed by atoms with van der Waals surface area (Å²) in [4.78, 5) is 22.4. The van der Waals surface area contributed by atoms with Crippen molar-refractivity contribution in [3.05, 3.63) is 12.2 Å². The van der Waals surface area contributed by atoms with Gasteiger partial charge in [-0.1, -0.05) is 6.58 Å². The molecular weight excluding hydrogens is 268 g/mol. The van der Waals surface area contributed by atoms with Crippen LogP contribution in [0.1, 0.15) is 20.3 Å². The van der Waals surface area contributed by atoms with E-state index >= 15 is 0 Å². The fourth-order valence-corrected chi connectivity index (χ4v) is 2.44. The molecule has 0 aromatic carbocycles. The molecule has 110 valence electrons. The number of rotatable bonds is 10. The van der Waals surface area contributed by atoms with Gasteiger partial charge in [0, 0.05) is 25.3 Å². The van der Waals surface area contributed by atoms with Gasteiger partial charge in [-0.15, -0.1) is 0 Å². The molecule has 0 amide bonds. The van der Waals surface area contributed by atoms with E-state index in [4.69, 9.17) is 18.3 Å². The van der Waals surface area contributed by atoms with Crippen LogP contribution in [0.4, 0.5) is 0 Å². The second kappa shape index (κ2) is 10.7. The lowest BCUT2D eigenvalue weighted by molar-refractivity contribution is -0.141. The Kier molecular flexibility index (Phi) is 10.0. The van der Waals surface area contributed by atoms with Gasteiger partial charge in [-0.3, -0.25) is 4.79 Å². The second-order valence-electron chi connectivity index (χ2n) is 3.85. The summed E-state index contributed by atoms with van der Waals surface area (Å²) < 4.78 is 20.2. The molecule has 0 N–H and O–H groups in total. The molecule has 1 unspecified atom stereocenters. The summed E-state index contributed by atoms with van der Waals surface area (Å²) in [5.74, 6) is -0.830. The molecule has 0 aromatic rings. The van der Waals surface area contributed by atoms with Crippen molar-refractivity contribution in [1.29, 1.82) is 0 Å². The number of ether oxygens (including phenoxy) is 2. The van der Waals surface area contributed by atoms with Crippen LogP contribution in [0.3, 0.4) is 0 Å². The zero-order valence-electron chi connectivity index (χ0n) is 11.8. The first-order valence-corrected chi connectivity index (χ1v) is 7.89. The maximum Gasteiger partial charge on any atom is 0.385 e. The Balaban J connectivity index is 3.78. The Bertz CT molecular complexity index is 305. The van der Waals surface area contributed by atoms with Crippen LogP contribution in [0.15, 0.2) is 12.2 Å². The molecule has 0 radical (unpaired) electrons. The summed E-state index contributed by atoms with van der Waals surface area (Å²) in [5.41, 5.74) is 0.365. The fourth-order valence-electron chi connectivity index (χ4n) is 1.13. The minimum Gasteiger partial charge on any atom is -0.495 e. The SMILES string of the molecule is C=C(C)C(=O)OCCC[SiH](OC)OC(=O)COCC. The topological polar surface area (TPSA) is 71.1 Å². The van der Waals surface area contributed by atoms with Gasteiger partial charge in [-0.05, 0) is 20.3 Å². The largest absolute Gasteiger partial charge is 0.495 e. The number of esters is 1. The van der Waals surface area contributed by atoms with Crippen molar-refractivity contribution in [1.82, 2.24) is 0 Å². The zero-order valence-corrected chi connectivity index (χ0v) is 12.9. The van der Waals surface area contributed by atoms with Crippen molar-refractivity contribution >= 4 is 21.2 Å². The van der Waals surface area contributed by atoms with Gasteiger partial charge in [0.2, 0.25) is 0 Å². The van der Waals surface area contributed by atoms with E-state index in [2.05, 4.69) is 6.58 Å². The van der Waals surface area contributed by atoms with Gasteiger partial charge < -0.3 is 18.3 Å². The third-order valence-electron chi connectivity index (χ3n) is 2.12. The van der Waals surface area contributed by atoms with E-state index in [1.165, 1.54) is 7.11 Å². The molecule has 0 rings (SSSR count). The molecule has 0 spiro atoms. The Morgan fingerprint density at radius 1 is 1.32 bits per heavy atom. The molecule has 19 heavy (non-hydrogen) atoms. The third-order valence-corrected chi connectivity index (χ3v) is 4.05. The smallest absolute Gasteiger partial charge is 0.385 e. The maximum absolute atomic E-state index is 11.3. The highest BCUT2D eigenvalue weighted by atomic mass is 28.3. The van der Waals surface area contributed by atoms with Crippen LogP contribution in [0.5, 0.6) is 0 Å². The van der Waals surface area contributed by atoms with Crippen LogP contribution in [-0.4, -0.2) is 48.2 Å². The quantitative estimate of drug-likeness (QED) is 0.258. The highest BCUT2D eigenvalue weighted by Gasteiger charge is 2.17. The molecule has 0 saturated carbocycles. The summed E-state index contributed by atoms with van der Waals surface area (Å²) in [7, 11) is -0.540. The van der Waals surface area contributed by atoms with Gasteiger partial charge in [0.1, 0.15) is 6.61 Å². The Morgan fingerprint density at radius 3 is 2.53 bits per heavy atom. The van der Waals surface area contributed by atoms with Gasteiger partial charge in [0.15, 0.2) is 0 Å². The van der Waals surface area contributed by atoms with E-state index in [9.17, 15) is 9.59 Å². The molecule has 1 atom stereocenters. The summed E-state index contributed by atoms with van der Waals surface area (Å²) in [6.45, 7) is 7.53. The number of carbonyl (C=O) groups excluding carboxylic acids is 2. The third kappa shape index (κ3) is 9.40. The fraction of sp³-hybridized carbons (Fsp3) is 0.667. The van der Waals surface area contributed by atoms with E-state index in [1.54, 1.807) is 13.8 Å². The molecule has 0 aliphatic carbocycles. The van der Waals surface area contributed by atoms with Crippen LogP contribution in [-0.2, 0) is 27.9 Å². The van der Waals surface area contributed by atoms with E-state index in [0.717, 1.165) is 0 Å². The predicted octanol–water partition coefficient (Wildman–Crippen LogP) is 0.942.